The number of hydrogen-bond acceptors (Lipinski definition) is 4. The van der Waals surface area contributed by atoms with Gasteiger partial charge in [0.05, 0.1) is 18.1 Å². The molecule has 0 saturated heterocycles. The van der Waals surface area contributed by atoms with Gasteiger partial charge in [0.25, 0.3) is 5.91 Å². The first-order valence-electron chi connectivity index (χ1n) is 9.51. The Morgan fingerprint density at radius 2 is 1.65 bits per heavy atom. The highest BCUT2D eigenvalue weighted by Gasteiger charge is 2.16. The molecule has 5 nitrogen and oxygen atoms in total. The molecule has 0 radical (unpaired) electrons. The fourth-order valence-corrected chi connectivity index (χ4v) is 2.93. The molecule has 0 aliphatic rings. The average Bonchev–Trinajstić information content (AvgIpc) is 2.79. The summed E-state index contributed by atoms with van der Waals surface area (Å²) in [6.45, 7) is -0.432. The largest absolute Gasteiger partial charge is 0.452 e. The number of amides is 1. The first-order valence-corrected chi connectivity index (χ1v) is 9.88. The molecule has 0 heterocycles. The van der Waals surface area contributed by atoms with Crippen molar-refractivity contribution in [3.05, 3.63) is 101 Å². The summed E-state index contributed by atoms with van der Waals surface area (Å²) >= 11 is 5.96. The van der Waals surface area contributed by atoms with Crippen LogP contribution >= 0.6 is 11.6 Å². The molecule has 154 valence electrons. The Hall–Kier alpha value is -3.88. The van der Waals surface area contributed by atoms with Gasteiger partial charge in [-0.05, 0) is 47.0 Å². The lowest BCUT2D eigenvalue weighted by molar-refractivity contribution is -0.141. The molecule has 6 heteroatoms. The fourth-order valence-electron chi connectivity index (χ4n) is 2.81. The number of halogens is 1. The van der Waals surface area contributed by atoms with E-state index in [0.29, 0.717) is 28.3 Å². The van der Waals surface area contributed by atoms with Gasteiger partial charge >= 0.3 is 5.97 Å². The molecule has 3 aromatic rings. The van der Waals surface area contributed by atoms with Gasteiger partial charge in [-0.3, -0.25) is 4.79 Å². The van der Waals surface area contributed by atoms with Crippen molar-refractivity contribution in [2.45, 2.75) is 6.42 Å². The number of carbonyl (C=O) groups is 2. The minimum Gasteiger partial charge on any atom is -0.452 e. The van der Waals surface area contributed by atoms with Crippen LogP contribution in [0.2, 0.25) is 5.02 Å². The minimum absolute atomic E-state index is 0.299. The molecule has 0 aromatic heterocycles. The number of benzene rings is 3. The van der Waals surface area contributed by atoms with Crippen molar-refractivity contribution in [2.24, 2.45) is 0 Å². The molecule has 31 heavy (non-hydrogen) atoms. The molecule has 0 aliphatic carbocycles. The van der Waals surface area contributed by atoms with E-state index >= 15 is 0 Å². The zero-order chi connectivity index (χ0) is 22.1. The summed E-state index contributed by atoms with van der Waals surface area (Å²) in [5, 5.41) is 11.9. The van der Waals surface area contributed by atoms with Crippen molar-refractivity contribution >= 4 is 40.8 Å². The van der Waals surface area contributed by atoms with Crippen LogP contribution in [0, 0.1) is 11.3 Å². The number of ether oxygens (including phenoxy) is 1. The highest BCUT2D eigenvalue weighted by atomic mass is 35.5. The molecule has 0 bridgehead atoms. The van der Waals surface area contributed by atoms with Crippen LogP contribution < -0.4 is 5.32 Å². The first kappa shape index (κ1) is 21.8. The van der Waals surface area contributed by atoms with Crippen LogP contribution in [0.1, 0.15) is 16.7 Å². The van der Waals surface area contributed by atoms with Gasteiger partial charge in [-0.15, -0.1) is 0 Å². The highest BCUT2D eigenvalue weighted by molar-refractivity contribution is 6.30. The fraction of sp³-hybridized carbons (Fsp3) is 0.0800. The molecule has 0 fully saturated rings. The Balaban J connectivity index is 1.68. The second kappa shape index (κ2) is 10.8. The van der Waals surface area contributed by atoms with Crippen LogP contribution in [0.25, 0.3) is 11.6 Å². The second-order valence-corrected chi connectivity index (χ2v) is 7.07. The van der Waals surface area contributed by atoms with Crippen LogP contribution in [-0.4, -0.2) is 18.5 Å². The van der Waals surface area contributed by atoms with E-state index in [9.17, 15) is 9.59 Å². The smallest absolute Gasteiger partial charge is 0.339 e. The van der Waals surface area contributed by atoms with Crippen LogP contribution in [0.15, 0.2) is 78.9 Å². The Morgan fingerprint density at radius 1 is 0.968 bits per heavy atom. The third-order valence-corrected chi connectivity index (χ3v) is 4.59. The lowest BCUT2D eigenvalue weighted by Crippen LogP contribution is -2.21. The standard InChI is InChI=1S/C25H19ClN2O3/c26-21-10-8-20(9-11-21)23(16-19-4-2-1-3-5-19)25(30)31-17-24(29)28-22-12-6-18(7-13-22)14-15-27/h1-13,16H,14,17H2,(H,28,29)/b23-16+. The average molecular weight is 431 g/mol. The molecule has 3 rings (SSSR count). The van der Waals surface area contributed by atoms with E-state index in [2.05, 4.69) is 11.4 Å². The number of nitrogens with zero attached hydrogens (tertiary/aromatic N) is 1. The monoisotopic (exact) mass is 430 g/mol. The number of carbonyl (C=O) groups excluding carboxylic acids is 2. The summed E-state index contributed by atoms with van der Waals surface area (Å²) in [4.78, 5) is 25.0. The maximum absolute atomic E-state index is 12.8. The van der Waals surface area contributed by atoms with Crippen molar-refractivity contribution in [3.8, 4) is 6.07 Å². The Morgan fingerprint density at radius 3 is 2.29 bits per heavy atom. The van der Waals surface area contributed by atoms with Gasteiger partial charge in [0.2, 0.25) is 0 Å². The number of rotatable bonds is 7. The summed E-state index contributed by atoms with van der Waals surface area (Å²) in [5.74, 6) is -1.08. The highest BCUT2D eigenvalue weighted by Crippen LogP contribution is 2.22. The van der Waals surface area contributed by atoms with Crippen LogP contribution in [0.4, 0.5) is 5.69 Å². The summed E-state index contributed by atoms with van der Waals surface area (Å²) in [6.07, 6.45) is 2.00. The summed E-state index contributed by atoms with van der Waals surface area (Å²) < 4.78 is 5.26. The van der Waals surface area contributed by atoms with E-state index in [-0.39, 0.29) is 0 Å². The molecular weight excluding hydrogens is 412 g/mol. The SMILES string of the molecule is N#CCc1ccc(NC(=O)COC(=O)/C(=C/c2ccccc2)c2ccc(Cl)cc2)cc1. The molecule has 0 aliphatic heterocycles. The van der Waals surface area contributed by atoms with Gasteiger partial charge in [0.1, 0.15) is 0 Å². The van der Waals surface area contributed by atoms with Crippen molar-refractivity contribution in [2.75, 3.05) is 11.9 Å². The predicted octanol–water partition coefficient (Wildman–Crippen LogP) is 5.13. The molecule has 3 aromatic carbocycles. The van der Waals surface area contributed by atoms with Crippen LogP contribution in [0.3, 0.4) is 0 Å². The van der Waals surface area contributed by atoms with Crippen LogP contribution in [-0.2, 0) is 20.7 Å². The molecule has 0 spiro atoms. The zero-order valence-corrected chi connectivity index (χ0v) is 17.3. The molecule has 0 saturated carbocycles. The van der Waals surface area contributed by atoms with Gasteiger partial charge in [0, 0.05) is 10.7 Å². The van der Waals surface area contributed by atoms with E-state index in [0.717, 1.165) is 11.1 Å². The molecule has 0 atom stereocenters. The van der Waals surface area contributed by atoms with Gasteiger partial charge in [-0.2, -0.15) is 5.26 Å². The quantitative estimate of drug-likeness (QED) is 0.320. The van der Waals surface area contributed by atoms with Crippen molar-refractivity contribution in [1.82, 2.24) is 0 Å². The van der Waals surface area contributed by atoms with Gasteiger partial charge in [-0.25, -0.2) is 4.79 Å². The zero-order valence-electron chi connectivity index (χ0n) is 16.5. The lowest BCUT2D eigenvalue weighted by atomic mass is 10.0. The number of hydrogen-bond donors (Lipinski definition) is 1. The third-order valence-electron chi connectivity index (χ3n) is 4.34. The van der Waals surface area contributed by atoms with Gasteiger partial charge in [-0.1, -0.05) is 66.2 Å². The maximum Gasteiger partial charge on any atom is 0.339 e. The number of esters is 1. The summed E-state index contributed by atoms with van der Waals surface area (Å²) in [7, 11) is 0. The van der Waals surface area contributed by atoms with Gasteiger partial charge < -0.3 is 10.1 Å². The van der Waals surface area contributed by atoms with E-state index < -0.39 is 18.5 Å². The summed E-state index contributed by atoms with van der Waals surface area (Å²) in [5.41, 5.74) is 3.18. The predicted molar refractivity (Wildman–Crippen MR) is 121 cm³/mol. The van der Waals surface area contributed by atoms with E-state index in [1.807, 2.05) is 30.3 Å². The topological polar surface area (TPSA) is 79.2 Å². The van der Waals surface area contributed by atoms with Crippen molar-refractivity contribution in [1.29, 1.82) is 5.26 Å². The van der Waals surface area contributed by atoms with Crippen molar-refractivity contribution < 1.29 is 14.3 Å². The molecule has 0 unspecified atom stereocenters. The Kier molecular flexibility index (Phi) is 7.58. The Bertz CT molecular complexity index is 1120. The molecule has 1 amide bonds. The second-order valence-electron chi connectivity index (χ2n) is 6.63. The van der Waals surface area contributed by atoms with E-state index in [1.54, 1.807) is 54.6 Å². The van der Waals surface area contributed by atoms with E-state index in [1.165, 1.54) is 0 Å². The number of nitrogens with one attached hydrogen (secondary N) is 1. The van der Waals surface area contributed by atoms with Crippen LogP contribution in [0.5, 0.6) is 0 Å². The third kappa shape index (κ3) is 6.56. The normalized spacial score (nSPS) is 10.8. The minimum atomic E-state index is -0.620. The summed E-state index contributed by atoms with van der Waals surface area (Å²) in [6, 6.07) is 25.1. The maximum atomic E-state index is 12.8. The Labute approximate surface area is 185 Å². The first-order chi connectivity index (χ1) is 15.0. The van der Waals surface area contributed by atoms with Crippen molar-refractivity contribution in [3.63, 3.8) is 0 Å². The molecular formula is C25H19ClN2O3. The lowest BCUT2D eigenvalue weighted by Gasteiger charge is -2.10. The van der Waals surface area contributed by atoms with E-state index in [4.69, 9.17) is 21.6 Å². The molecule has 1 N–H and O–H groups in total. The van der Waals surface area contributed by atoms with Gasteiger partial charge in [0.15, 0.2) is 6.61 Å². The number of anilines is 1. The number of nitriles is 1.